The topological polar surface area (TPSA) is 180 Å². The molecule has 11 N–H and O–H groups in total. The van der Waals surface area contributed by atoms with E-state index in [-0.39, 0.29) is 72.8 Å². The van der Waals surface area contributed by atoms with E-state index in [1.807, 2.05) is 0 Å². The van der Waals surface area contributed by atoms with Gasteiger partial charge in [-0.3, -0.25) is 9.11 Å². The fraction of sp³-hybridized carbons (Fsp3) is 0. The van der Waals surface area contributed by atoms with Gasteiger partial charge in [0.05, 0.1) is 0 Å². The summed E-state index contributed by atoms with van der Waals surface area (Å²) < 4.78 is 31.6. The second-order valence-corrected chi connectivity index (χ2v) is 1.34. The first-order valence-electron chi connectivity index (χ1n) is 0.698. The fourth-order valence-corrected chi connectivity index (χ4v) is 0. The van der Waals surface area contributed by atoms with Crippen molar-refractivity contribution in [3.8, 4) is 0 Å². The molecule has 0 aliphatic carbocycles. The van der Waals surface area contributed by atoms with Crippen LogP contribution in [0.25, 0.3) is 0 Å². The Labute approximate surface area is 100 Å². The summed E-state index contributed by atoms with van der Waals surface area (Å²) in [5, 5.41) is 0. The normalized spacial score (nSPS) is 5.27. The van der Waals surface area contributed by atoms with Gasteiger partial charge in [-0.2, -0.15) is 8.42 Å². The van der Waals surface area contributed by atoms with Gasteiger partial charge in [-0.05, 0) is 0 Å². The van der Waals surface area contributed by atoms with Crippen LogP contribution in [0.5, 0.6) is 0 Å². The summed E-state index contributed by atoms with van der Waals surface area (Å²) in [6.45, 7) is 0. The third kappa shape index (κ3) is 558. The monoisotopic (exact) mass is 244 g/mol. The van der Waals surface area contributed by atoms with Crippen molar-refractivity contribution in [2.45, 2.75) is 0 Å². The molecule has 0 fully saturated rings. The largest absolute Gasteiger partial charge is 1.00 e. The molecule has 72 valence electrons. The third-order valence-corrected chi connectivity index (χ3v) is 0. The Bertz CT molecular complexity index is 107. The molecule has 0 aliphatic heterocycles. The Morgan fingerprint density at radius 2 is 0.818 bits per heavy atom. The van der Waals surface area contributed by atoms with Crippen molar-refractivity contribution in [1.82, 2.24) is 18.5 Å². The Kier molecular flexibility index (Phi) is 114. The molecule has 0 unspecified atom stereocenters. The Morgan fingerprint density at radius 3 is 0.818 bits per heavy atom. The summed E-state index contributed by atoms with van der Waals surface area (Å²) >= 11 is 0. The number of rotatable bonds is 0. The molecule has 0 bridgehead atoms. The van der Waals surface area contributed by atoms with E-state index in [0.29, 0.717) is 0 Å². The summed E-state index contributed by atoms with van der Waals surface area (Å²) in [5.74, 6) is 0. The van der Waals surface area contributed by atoms with E-state index in [4.69, 9.17) is 17.5 Å². The zero-order valence-corrected chi connectivity index (χ0v) is 10.5. The van der Waals surface area contributed by atoms with Crippen LogP contribution in [0.15, 0.2) is 0 Å². The molecule has 0 heterocycles. The van der Waals surface area contributed by atoms with Gasteiger partial charge < -0.3 is 18.5 Å². The van der Waals surface area contributed by atoms with Gasteiger partial charge in [-0.25, -0.2) is 0 Å². The number of hydrogen-bond donors (Lipinski definition) is 5. The van der Waals surface area contributed by atoms with E-state index in [1.54, 1.807) is 0 Å². The third-order valence-electron chi connectivity index (χ3n) is 0. The first-order valence-corrected chi connectivity index (χ1v) is 2.10. The predicted molar refractivity (Wildman–Crippen MR) is 43.7 cm³/mol. The number of halogens is 2. The van der Waals surface area contributed by atoms with Crippen molar-refractivity contribution >= 4 is 35.2 Å². The van der Waals surface area contributed by atoms with Crippen LogP contribution < -0.4 is 48.0 Å². The second kappa shape index (κ2) is 22.5. The molecular formula is H13Cl2N3NaO4S+. The van der Waals surface area contributed by atoms with Gasteiger partial charge in [0, 0.05) is 0 Å². The van der Waals surface area contributed by atoms with Crippen LogP contribution in [0.3, 0.4) is 0 Å². The molecule has 0 rings (SSSR count). The standard InChI is InChI=1S/2ClH.3H3N.Na.H2O4S/c;;;;;;1-5(2,3)4/h2*1H;3*1H3;;(H2,1,2,3,4)/q;;;;;+1;. The molecule has 0 atom stereocenters. The zero-order chi connectivity index (χ0) is 4.50. The molecule has 0 aromatic rings. The maximum atomic E-state index is 8.74. The molecule has 0 spiro atoms. The van der Waals surface area contributed by atoms with Crippen molar-refractivity contribution in [2.75, 3.05) is 0 Å². The number of hydrogen-bond acceptors (Lipinski definition) is 5. The molecule has 0 radical (unpaired) electrons. The Balaban J connectivity index is -0.00000000533. The van der Waals surface area contributed by atoms with Crippen molar-refractivity contribution < 1.29 is 47.1 Å². The Morgan fingerprint density at radius 1 is 0.818 bits per heavy atom. The molecule has 0 aromatic carbocycles. The minimum absolute atomic E-state index is 0. The average Bonchev–Trinajstić information content (AvgIpc) is 0.722. The van der Waals surface area contributed by atoms with Gasteiger partial charge in [0.2, 0.25) is 0 Å². The molecule has 0 saturated heterocycles. The first kappa shape index (κ1) is 55.7. The summed E-state index contributed by atoms with van der Waals surface area (Å²) in [7, 11) is -4.67. The van der Waals surface area contributed by atoms with E-state index in [1.165, 1.54) is 0 Å². The van der Waals surface area contributed by atoms with Crippen LogP contribution >= 0.6 is 24.8 Å². The smallest absolute Gasteiger partial charge is 0.344 e. The van der Waals surface area contributed by atoms with Gasteiger partial charge in [0.1, 0.15) is 0 Å². The van der Waals surface area contributed by atoms with Gasteiger partial charge in [0.25, 0.3) is 0 Å². The minimum atomic E-state index is -4.67. The summed E-state index contributed by atoms with van der Waals surface area (Å²) in [6, 6.07) is 0. The molecule has 7 nitrogen and oxygen atoms in total. The van der Waals surface area contributed by atoms with Gasteiger partial charge in [0.15, 0.2) is 0 Å². The summed E-state index contributed by atoms with van der Waals surface area (Å²) in [4.78, 5) is 0. The molecule has 0 aromatic heterocycles. The molecule has 0 aliphatic rings. The second-order valence-electron chi connectivity index (χ2n) is 0.448. The van der Waals surface area contributed by atoms with E-state index >= 15 is 0 Å². The van der Waals surface area contributed by atoms with Crippen LogP contribution in [0, 0.1) is 0 Å². The van der Waals surface area contributed by atoms with Crippen LogP contribution in [0.2, 0.25) is 0 Å². The summed E-state index contributed by atoms with van der Waals surface area (Å²) in [6.07, 6.45) is 0. The van der Waals surface area contributed by atoms with Gasteiger partial charge in [-0.15, -0.1) is 24.8 Å². The van der Waals surface area contributed by atoms with E-state index in [2.05, 4.69) is 0 Å². The van der Waals surface area contributed by atoms with Crippen LogP contribution in [0.1, 0.15) is 0 Å². The quantitative estimate of drug-likeness (QED) is 0.234. The van der Waals surface area contributed by atoms with E-state index in [0.717, 1.165) is 0 Å². The van der Waals surface area contributed by atoms with Crippen LogP contribution in [-0.2, 0) is 10.4 Å². The van der Waals surface area contributed by atoms with Crippen LogP contribution in [-0.4, -0.2) is 17.5 Å². The average molecular weight is 245 g/mol. The van der Waals surface area contributed by atoms with E-state index in [9.17, 15) is 0 Å². The van der Waals surface area contributed by atoms with Crippen LogP contribution in [0.4, 0.5) is 0 Å². The molecule has 0 saturated carbocycles. The van der Waals surface area contributed by atoms with Gasteiger partial charge in [-0.1, -0.05) is 0 Å². The Hall–Kier alpha value is 1.33. The maximum Gasteiger partial charge on any atom is 1.00 e. The van der Waals surface area contributed by atoms with Crippen molar-refractivity contribution in [3.05, 3.63) is 0 Å². The molecule has 11 heteroatoms. The molecule has 11 heavy (non-hydrogen) atoms. The van der Waals surface area contributed by atoms with Crippen molar-refractivity contribution in [3.63, 3.8) is 0 Å². The van der Waals surface area contributed by atoms with Crippen molar-refractivity contribution in [1.29, 1.82) is 0 Å². The van der Waals surface area contributed by atoms with E-state index < -0.39 is 10.4 Å². The predicted octanol–water partition coefficient (Wildman–Crippen LogP) is -2.32. The maximum absolute atomic E-state index is 8.74. The fourth-order valence-electron chi connectivity index (χ4n) is 0. The minimum Gasteiger partial charge on any atom is -0.344 e. The van der Waals surface area contributed by atoms with Crippen molar-refractivity contribution in [2.24, 2.45) is 0 Å². The SMILES string of the molecule is Cl.Cl.N.N.N.O=S(=O)(O)O.[Na+]. The first-order chi connectivity index (χ1) is 2.00. The molecular weight excluding hydrogens is 232 g/mol. The zero-order valence-electron chi connectivity index (χ0n) is 6.06. The molecule has 0 amide bonds. The van der Waals surface area contributed by atoms with Gasteiger partial charge >= 0.3 is 40.0 Å². The summed E-state index contributed by atoms with van der Waals surface area (Å²) in [5.41, 5.74) is 0.